The zero-order valence-corrected chi connectivity index (χ0v) is 7.93. The summed E-state index contributed by atoms with van der Waals surface area (Å²) < 4.78 is 0. The molecule has 1 unspecified atom stereocenters. The van der Waals surface area contributed by atoms with Crippen LogP contribution >= 0.6 is 0 Å². The first-order chi connectivity index (χ1) is 6.56. The molecule has 0 bridgehead atoms. The summed E-state index contributed by atoms with van der Waals surface area (Å²) in [7, 11) is 0. The van der Waals surface area contributed by atoms with Crippen LogP contribution in [0.5, 0.6) is 0 Å². The highest BCUT2D eigenvalue weighted by Crippen LogP contribution is 2.22. The zero-order valence-electron chi connectivity index (χ0n) is 7.93. The highest BCUT2D eigenvalue weighted by molar-refractivity contribution is 5.80. The van der Waals surface area contributed by atoms with Gasteiger partial charge in [0.25, 0.3) is 0 Å². The lowest BCUT2D eigenvalue weighted by Crippen LogP contribution is -2.43. The number of hydrogen-bond acceptors (Lipinski definition) is 2. The molecule has 14 heavy (non-hydrogen) atoms. The molecule has 1 amide bonds. The molecule has 0 aromatic rings. The van der Waals surface area contributed by atoms with E-state index in [-0.39, 0.29) is 0 Å². The van der Waals surface area contributed by atoms with Crippen LogP contribution in [0.1, 0.15) is 26.2 Å². The molecule has 0 saturated carbocycles. The molecule has 78 valence electrons. The summed E-state index contributed by atoms with van der Waals surface area (Å²) in [6.07, 6.45) is 2.02. The van der Waals surface area contributed by atoms with Crippen molar-refractivity contribution >= 4 is 12.1 Å². The van der Waals surface area contributed by atoms with Crippen LogP contribution in [0.4, 0.5) is 4.79 Å². The molecule has 2 N–H and O–H groups in total. The summed E-state index contributed by atoms with van der Waals surface area (Å²) in [5.41, 5.74) is 0.977. The molecule has 5 heteroatoms. The maximum atomic E-state index is 10.7. The highest BCUT2D eigenvalue weighted by atomic mass is 16.4. The normalized spacial score (nSPS) is 21.6. The van der Waals surface area contributed by atoms with Crippen molar-refractivity contribution in [2.75, 3.05) is 0 Å². The van der Waals surface area contributed by atoms with Gasteiger partial charge in [0.15, 0.2) is 0 Å². The molecule has 0 fully saturated rings. The summed E-state index contributed by atoms with van der Waals surface area (Å²) in [5.74, 6) is -1.08. The smallest absolute Gasteiger partial charge is 0.412 e. The average Bonchev–Trinajstić information content (AvgIpc) is 2.16. The summed E-state index contributed by atoms with van der Waals surface area (Å²) in [5, 5.41) is 17.6. The van der Waals surface area contributed by atoms with Crippen LogP contribution in [-0.4, -0.2) is 33.2 Å². The molecule has 1 atom stereocenters. The largest absolute Gasteiger partial charge is 0.480 e. The molecule has 0 aromatic heterocycles. The van der Waals surface area contributed by atoms with Crippen LogP contribution in [0.15, 0.2) is 11.8 Å². The molecule has 1 heterocycles. The first kappa shape index (κ1) is 10.6. The van der Waals surface area contributed by atoms with E-state index in [0.717, 1.165) is 16.9 Å². The van der Waals surface area contributed by atoms with Gasteiger partial charge >= 0.3 is 12.1 Å². The molecule has 5 nitrogen and oxygen atoms in total. The molecule has 0 aromatic carbocycles. The van der Waals surface area contributed by atoms with Gasteiger partial charge in [0, 0.05) is 6.20 Å². The van der Waals surface area contributed by atoms with E-state index in [9.17, 15) is 9.59 Å². The number of carbonyl (C=O) groups is 2. The molecule has 1 rings (SSSR count). The fourth-order valence-electron chi connectivity index (χ4n) is 1.51. The van der Waals surface area contributed by atoms with Crippen molar-refractivity contribution in [1.82, 2.24) is 4.90 Å². The summed E-state index contributed by atoms with van der Waals surface area (Å²) in [4.78, 5) is 22.4. The van der Waals surface area contributed by atoms with Crippen molar-refractivity contribution in [3.63, 3.8) is 0 Å². The van der Waals surface area contributed by atoms with Gasteiger partial charge in [-0.15, -0.1) is 0 Å². The zero-order chi connectivity index (χ0) is 10.7. The Morgan fingerprint density at radius 1 is 1.57 bits per heavy atom. The fourth-order valence-corrected chi connectivity index (χ4v) is 1.51. The van der Waals surface area contributed by atoms with Gasteiger partial charge in [-0.3, -0.25) is 4.90 Å². The fraction of sp³-hybridized carbons (Fsp3) is 0.556. The minimum atomic E-state index is -1.21. The van der Waals surface area contributed by atoms with E-state index in [2.05, 4.69) is 0 Å². The molecule has 1 aliphatic rings. The number of carboxylic acids is 1. The number of hydrogen-bond donors (Lipinski definition) is 2. The number of carboxylic acid groups (broad SMARTS) is 2. The Bertz CT molecular complexity index is 285. The molecule has 0 saturated heterocycles. The van der Waals surface area contributed by atoms with Gasteiger partial charge in [-0.2, -0.15) is 0 Å². The second-order valence-electron chi connectivity index (χ2n) is 3.22. The Morgan fingerprint density at radius 2 is 2.21 bits per heavy atom. The van der Waals surface area contributed by atoms with Crippen LogP contribution in [0, 0.1) is 0 Å². The number of nitrogens with zero attached hydrogens (tertiary/aromatic N) is 1. The van der Waals surface area contributed by atoms with E-state index >= 15 is 0 Å². The van der Waals surface area contributed by atoms with Gasteiger partial charge < -0.3 is 10.2 Å². The van der Waals surface area contributed by atoms with E-state index in [1.807, 2.05) is 6.92 Å². The van der Waals surface area contributed by atoms with Crippen molar-refractivity contribution in [3.05, 3.63) is 11.8 Å². The third-order valence-electron chi connectivity index (χ3n) is 2.36. The molecular weight excluding hydrogens is 186 g/mol. The predicted molar refractivity (Wildman–Crippen MR) is 48.9 cm³/mol. The monoisotopic (exact) mass is 199 g/mol. The molecular formula is C9H13NO4. The topological polar surface area (TPSA) is 77.8 Å². The van der Waals surface area contributed by atoms with Gasteiger partial charge in [0.1, 0.15) is 6.04 Å². The van der Waals surface area contributed by atoms with Crippen molar-refractivity contribution < 1.29 is 19.8 Å². The second kappa shape index (κ2) is 4.13. The Morgan fingerprint density at radius 3 is 2.64 bits per heavy atom. The van der Waals surface area contributed by atoms with Gasteiger partial charge in [-0.05, 0) is 19.3 Å². The Balaban J connectivity index is 2.88. The molecule has 0 spiro atoms. The Labute approximate surface area is 81.6 Å². The first-order valence-electron chi connectivity index (χ1n) is 4.50. The van der Waals surface area contributed by atoms with Crippen LogP contribution in [0.25, 0.3) is 0 Å². The third kappa shape index (κ3) is 2.04. The lowest BCUT2D eigenvalue weighted by molar-refractivity contribution is -0.142. The van der Waals surface area contributed by atoms with Crippen molar-refractivity contribution in [2.45, 2.75) is 32.2 Å². The van der Waals surface area contributed by atoms with Crippen LogP contribution in [0.2, 0.25) is 0 Å². The van der Waals surface area contributed by atoms with E-state index in [0.29, 0.717) is 12.8 Å². The first-order valence-corrected chi connectivity index (χ1v) is 4.50. The van der Waals surface area contributed by atoms with Crippen molar-refractivity contribution in [3.8, 4) is 0 Å². The lowest BCUT2D eigenvalue weighted by Gasteiger charge is -2.28. The summed E-state index contributed by atoms with van der Waals surface area (Å²) in [6, 6.07) is -0.928. The van der Waals surface area contributed by atoms with E-state index in [4.69, 9.17) is 10.2 Å². The van der Waals surface area contributed by atoms with Crippen LogP contribution < -0.4 is 0 Å². The number of amides is 1. The summed E-state index contributed by atoms with van der Waals surface area (Å²) in [6.45, 7) is 1.92. The standard InChI is InChI=1S/C9H13NO4/c1-2-6-3-4-7(8(11)12)10(5-6)9(13)14/h5,7H,2-4H2,1H3,(H,11,12)(H,13,14). The van der Waals surface area contributed by atoms with Crippen molar-refractivity contribution in [2.24, 2.45) is 0 Å². The van der Waals surface area contributed by atoms with Gasteiger partial charge in [-0.1, -0.05) is 12.5 Å². The van der Waals surface area contributed by atoms with Gasteiger partial charge in [0.05, 0.1) is 0 Å². The number of rotatable bonds is 2. The predicted octanol–water partition coefficient (Wildman–Crippen LogP) is 1.51. The lowest BCUT2D eigenvalue weighted by atomic mass is 9.99. The van der Waals surface area contributed by atoms with E-state index in [1.54, 1.807) is 0 Å². The van der Waals surface area contributed by atoms with Crippen molar-refractivity contribution in [1.29, 1.82) is 0 Å². The SMILES string of the molecule is CCC1=CN(C(=O)O)C(C(=O)O)CC1. The molecule has 0 aliphatic carbocycles. The van der Waals surface area contributed by atoms with E-state index < -0.39 is 18.1 Å². The van der Waals surface area contributed by atoms with Crippen LogP contribution in [-0.2, 0) is 4.79 Å². The second-order valence-corrected chi connectivity index (χ2v) is 3.22. The third-order valence-corrected chi connectivity index (χ3v) is 2.36. The number of aliphatic carboxylic acids is 1. The number of allylic oxidation sites excluding steroid dienone is 1. The van der Waals surface area contributed by atoms with E-state index in [1.165, 1.54) is 6.20 Å². The maximum Gasteiger partial charge on any atom is 0.412 e. The Kier molecular flexibility index (Phi) is 3.11. The van der Waals surface area contributed by atoms with Gasteiger partial charge in [0.2, 0.25) is 0 Å². The Hall–Kier alpha value is -1.52. The average molecular weight is 199 g/mol. The van der Waals surface area contributed by atoms with Gasteiger partial charge in [-0.25, -0.2) is 9.59 Å². The minimum Gasteiger partial charge on any atom is -0.480 e. The molecule has 1 aliphatic heterocycles. The minimum absolute atomic E-state index is 0.362. The summed E-state index contributed by atoms with van der Waals surface area (Å²) >= 11 is 0. The maximum absolute atomic E-state index is 10.7. The molecule has 0 radical (unpaired) electrons. The quantitative estimate of drug-likeness (QED) is 0.706. The van der Waals surface area contributed by atoms with Crippen LogP contribution in [0.3, 0.4) is 0 Å². The highest BCUT2D eigenvalue weighted by Gasteiger charge is 2.31.